The Kier molecular flexibility index (Phi) is 3.00. The summed E-state index contributed by atoms with van der Waals surface area (Å²) in [5.74, 6) is 0.993. The van der Waals surface area contributed by atoms with E-state index < -0.39 is 0 Å². The van der Waals surface area contributed by atoms with E-state index in [1.165, 1.54) is 4.90 Å². The number of nitrogens with zero attached hydrogens (tertiary/aromatic N) is 2. The first kappa shape index (κ1) is 12.8. The Morgan fingerprint density at radius 3 is 2.80 bits per heavy atom. The summed E-state index contributed by atoms with van der Waals surface area (Å²) >= 11 is 0. The van der Waals surface area contributed by atoms with Gasteiger partial charge in [0, 0.05) is 38.8 Å². The smallest absolute Gasteiger partial charge is 0.231 e. The van der Waals surface area contributed by atoms with Gasteiger partial charge in [0.15, 0.2) is 11.5 Å². The second kappa shape index (κ2) is 4.70. The van der Waals surface area contributed by atoms with Gasteiger partial charge in [0.25, 0.3) is 0 Å². The molecule has 106 valence electrons. The number of carbonyl (C=O) groups excluding carboxylic acids is 2. The first-order chi connectivity index (χ1) is 9.56. The van der Waals surface area contributed by atoms with Crippen molar-refractivity contribution in [3.8, 4) is 11.5 Å². The van der Waals surface area contributed by atoms with Crippen molar-refractivity contribution in [1.29, 1.82) is 0 Å². The Bertz CT molecular complexity index is 570. The van der Waals surface area contributed by atoms with Crippen LogP contribution in [0.15, 0.2) is 18.2 Å². The molecule has 0 saturated carbocycles. The molecule has 1 aromatic carbocycles. The molecule has 2 heterocycles. The van der Waals surface area contributed by atoms with Gasteiger partial charge in [-0.05, 0) is 12.1 Å². The molecule has 1 aromatic rings. The van der Waals surface area contributed by atoms with Gasteiger partial charge in [-0.1, -0.05) is 0 Å². The average molecular weight is 276 g/mol. The summed E-state index contributed by atoms with van der Waals surface area (Å²) in [6, 6.07) is 5.38. The van der Waals surface area contributed by atoms with Crippen LogP contribution < -0.4 is 14.4 Å². The highest BCUT2D eigenvalue weighted by Crippen LogP contribution is 2.37. The zero-order valence-corrected chi connectivity index (χ0v) is 11.5. The number of amides is 2. The van der Waals surface area contributed by atoms with E-state index in [0.29, 0.717) is 18.0 Å². The van der Waals surface area contributed by atoms with Crippen molar-refractivity contribution in [3.63, 3.8) is 0 Å². The molecule has 2 aliphatic heterocycles. The molecule has 1 saturated heterocycles. The van der Waals surface area contributed by atoms with E-state index in [4.69, 9.17) is 9.47 Å². The van der Waals surface area contributed by atoms with Crippen molar-refractivity contribution < 1.29 is 19.1 Å². The monoisotopic (exact) mass is 276 g/mol. The summed E-state index contributed by atoms with van der Waals surface area (Å²) in [6.45, 7) is 0.615. The van der Waals surface area contributed by atoms with Crippen molar-refractivity contribution >= 4 is 17.5 Å². The quantitative estimate of drug-likeness (QED) is 0.803. The van der Waals surface area contributed by atoms with Crippen LogP contribution >= 0.6 is 0 Å². The number of fused-ring (bicyclic) bond motifs is 1. The molecule has 3 rings (SSSR count). The Morgan fingerprint density at radius 2 is 2.05 bits per heavy atom. The molecule has 0 aromatic heterocycles. The molecule has 1 unspecified atom stereocenters. The molecule has 0 bridgehead atoms. The van der Waals surface area contributed by atoms with Crippen molar-refractivity contribution in [2.24, 2.45) is 5.92 Å². The van der Waals surface area contributed by atoms with Crippen LogP contribution in [0.25, 0.3) is 0 Å². The predicted octanol–water partition coefficient (Wildman–Crippen LogP) is 0.856. The van der Waals surface area contributed by atoms with Crippen LogP contribution in [0.2, 0.25) is 0 Å². The highest BCUT2D eigenvalue weighted by molar-refractivity contribution is 6.00. The summed E-state index contributed by atoms with van der Waals surface area (Å²) < 4.78 is 10.6. The van der Waals surface area contributed by atoms with E-state index in [2.05, 4.69) is 0 Å². The third kappa shape index (κ3) is 2.07. The zero-order chi connectivity index (χ0) is 14.3. The number of carbonyl (C=O) groups is 2. The molecular formula is C14H16N2O4. The maximum absolute atomic E-state index is 12.1. The SMILES string of the molecule is CN(C)C(=O)C1CC(=O)N(c2ccc3c(c2)OCO3)C1. The summed E-state index contributed by atoms with van der Waals surface area (Å²) in [6.07, 6.45) is 0.255. The van der Waals surface area contributed by atoms with Gasteiger partial charge >= 0.3 is 0 Å². The fraction of sp³-hybridized carbons (Fsp3) is 0.429. The van der Waals surface area contributed by atoms with Gasteiger partial charge < -0.3 is 19.3 Å². The lowest BCUT2D eigenvalue weighted by molar-refractivity contribution is -0.133. The molecule has 6 heteroatoms. The Balaban J connectivity index is 1.81. The van der Waals surface area contributed by atoms with Gasteiger partial charge in [-0.15, -0.1) is 0 Å². The lowest BCUT2D eigenvalue weighted by Crippen LogP contribution is -2.32. The number of hydrogen-bond donors (Lipinski definition) is 0. The molecule has 0 N–H and O–H groups in total. The Labute approximate surface area is 116 Å². The molecular weight excluding hydrogens is 260 g/mol. The van der Waals surface area contributed by atoms with E-state index in [1.807, 2.05) is 6.07 Å². The van der Waals surface area contributed by atoms with Gasteiger partial charge in [0.2, 0.25) is 18.6 Å². The van der Waals surface area contributed by atoms with Gasteiger partial charge in [0.1, 0.15) is 0 Å². The maximum atomic E-state index is 12.1. The standard InChI is InChI=1S/C14H16N2O4/c1-15(2)14(18)9-5-13(17)16(7-9)10-3-4-11-12(6-10)20-8-19-11/h3-4,6,9H,5,7-8H2,1-2H3. The lowest BCUT2D eigenvalue weighted by Gasteiger charge is -2.18. The van der Waals surface area contributed by atoms with Gasteiger partial charge in [-0.2, -0.15) is 0 Å². The molecule has 6 nitrogen and oxygen atoms in total. The maximum Gasteiger partial charge on any atom is 0.231 e. The van der Waals surface area contributed by atoms with Crippen molar-refractivity contribution in [2.45, 2.75) is 6.42 Å². The van der Waals surface area contributed by atoms with E-state index in [1.54, 1.807) is 31.1 Å². The molecule has 0 spiro atoms. The van der Waals surface area contributed by atoms with Gasteiger partial charge in [0.05, 0.1) is 5.92 Å². The highest BCUT2D eigenvalue weighted by atomic mass is 16.7. The molecule has 1 fully saturated rings. The third-order valence-electron chi connectivity index (χ3n) is 3.58. The lowest BCUT2D eigenvalue weighted by atomic mass is 10.1. The van der Waals surface area contributed by atoms with E-state index >= 15 is 0 Å². The van der Waals surface area contributed by atoms with Crippen LogP contribution in [-0.2, 0) is 9.59 Å². The third-order valence-corrected chi connectivity index (χ3v) is 3.58. The van der Waals surface area contributed by atoms with Crippen molar-refractivity contribution in [1.82, 2.24) is 4.90 Å². The minimum absolute atomic E-state index is 0.0124. The molecule has 20 heavy (non-hydrogen) atoms. The second-order valence-electron chi connectivity index (χ2n) is 5.18. The van der Waals surface area contributed by atoms with Crippen molar-refractivity contribution in [2.75, 3.05) is 32.3 Å². The first-order valence-electron chi connectivity index (χ1n) is 6.47. The summed E-state index contributed by atoms with van der Waals surface area (Å²) in [4.78, 5) is 27.2. The number of benzene rings is 1. The van der Waals surface area contributed by atoms with Gasteiger partial charge in [-0.25, -0.2) is 0 Å². The summed E-state index contributed by atoms with van der Waals surface area (Å²) in [5, 5.41) is 0. The molecule has 2 aliphatic rings. The molecule has 0 aliphatic carbocycles. The largest absolute Gasteiger partial charge is 0.454 e. The van der Waals surface area contributed by atoms with E-state index in [9.17, 15) is 9.59 Å². The second-order valence-corrected chi connectivity index (χ2v) is 5.18. The first-order valence-corrected chi connectivity index (χ1v) is 6.47. The van der Waals surface area contributed by atoms with Crippen LogP contribution in [0.5, 0.6) is 11.5 Å². The molecule has 1 atom stereocenters. The topological polar surface area (TPSA) is 59.1 Å². The average Bonchev–Trinajstić information content (AvgIpc) is 3.02. The number of anilines is 1. The van der Waals surface area contributed by atoms with Crippen LogP contribution in [0.3, 0.4) is 0 Å². The predicted molar refractivity (Wildman–Crippen MR) is 71.7 cm³/mol. The minimum Gasteiger partial charge on any atom is -0.454 e. The van der Waals surface area contributed by atoms with Crippen LogP contribution in [0.4, 0.5) is 5.69 Å². The minimum atomic E-state index is -0.275. The number of hydrogen-bond acceptors (Lipinski definition) is 4. The summed E-state index contributed by atoms with van der Waals surface area (Å²) in [5.41, 5.74) is 0.744. The van der Waals surface area contributed by atoms with Crippen LogP contribution in [0.1, 0.15) is 6.42 Å². The zero-order valence-electron chi connectivity index (χ0n) is 11.5. The van der Waals surface area contributed by atoms with Crippen LogP contribution in [-0.4, -0.2) is 44.1 Å². The summed E-state index contributed by atoms with van der Waals surface area (Å²) in [7, 11) is 3.41. The fourth-order valence-electron chi connectivity index (χ4n) is 2.54. The molecule has 0 radical (unpaired) electrons. The van der Waals surface area contributed by atoms with Crippen molar-refractivity contribution in [3.05, 3.63) is 18.2 Å². The van der Waals surface area contributed by atoms with Crippen LogP contribution in [0, 0.1) is 5.92 Å². The Hall–Kier alpha value is -2.24. The van der Waals surface area contributed by atoms with E-state index in [-0.39, 0.29) is 30.9 Å². The molecule has 2 amide bonds. The Morgan fingerprint density at radius 1 is 1.30 bits per heavy atom. The highest BCUT2D eigenvalue weighted by Gasteiger charge is 2.36. The normalized spacial score (nSPS) is 20.4. The fourth-order valence-corrected chi connectivity index (χ4v) is 2.54. The van der Waals surface area contributed by atoms with E-state index in [0.717, 1.165) is 5.69 Å². The number of rotatable bonds is 2. The van der Waals surface area contributed by atoms with Gasteiger partial charge in [-0.3, -0.25) is 9.59 Å². The number of ether oxygens (including phenoxy) is 2.